The second-order valence-electron chi connectivity index (χ2n) is 14.4. The number of amides is 7. The summed E-state index contributed by atoms with van der Waals surface area (Å²) in [5.41, 5.74) is 6.34. The number of nitrogens with zero attached hydrogens (tertiary/aromatic N) is 1. The lowest BCUT2D eigenvalue weighted by molar-refractivity contribution is -0.148. The zero-order chi connectivity index (χ0) is 39.7. The summed E-state index contributed by atoms with van der Waals surface area (Å²) in [6.45, 7) is 11.3. The van der Waals surface area contributed by atoms with Crippen molar-refractivity contribution in [2.24, 2.45) is 29.4 Å². The number of carbonyl (C=O) groups is 7. The van der Waals surface area contributed by atoms with Crippen molar-refractivity contribution in [3.8, 4) is 0 Å². The van der Waals surface area contributed by atoms with Gasteiger partial charge in [0, 0.05) is 37.5 Å². The van der Waals surface area contributed by atoms with Crippen molar-refractivity contribution in [3.63, 3.8) is 0 Å². The van der Waals surface area contributed by atoms with Gasteiger partial charge in [0.05, 0.1) is 5.92 Å². The predicted octanol–water partition coefficient (Wildman–Crippen LogP) is 1.90. The highest BCUT2D eigenvalue weighted by Crippen LogP contribution is 2.29. The first kappa shape index (κ1) is 44.4. The minimum Gasteiger partial charge on any atom is -0.461 e. The van der Waals surface area contributed by atoms with Crippen LogP contribution < -0.4 is 32.3 Å². The number of likely N-dealkylation sites (tertiary alicyclic amines) is 1. The summed E-state index contributed by atoms with van der Waals surface area (Å²) in [6, 6.07) is 4.09. The number of unbranched alkanes of at least 4 members (excludes halogenated alkanes) is 2. The summed E-state index contributed by atoms with van der Waals surface area (Å²) in [6.07, 6.45) is 1.61. The van der Waals surface area contributed by atoms with Gasteiger partial charge in [-0.2, -0.15) is 0 Å². The standard InChI is InChI=1S/C37H59N7O9/c1-22(2)27-19-31(47)44(35(27)50)20-30(46)39-17-9-7-8-12-29(45)43-32(23(3)4)34(49)42-28(11-10-18-40-37(38)52)33(48)41-26-15-13-25(14-16-26)21-53-36(51)24(5)6/h13-16,22-24,27-28,32,35,50H,7-12,17-21H2,1-6H3,(H,39,46)(H,41,48)(H,42,49)(H,43,45)(H3,38,40,52)/t27?,28-,32-,35?/m0/s1. The molecule has 53 heavy (non-hydrogen) atoms. The van der Waals surface area contributed by atoms with E-state index in [1.54, 1.807) is 52.0 Å². The van der Waals surface area contributed by atoms with Crippen molar-refractivity contribution in [3.05, 3.63) is 29.8 Å². The number of primary amides is 1. The van der Waals surface area contributed by atoms with Gasteiger partial charge >= 0.3 is 12.0 Å². The fraction of sp³-hybridized carbons (Fsp3) is 0.649. The maximum atomic E-state index is 13.4. The fourth-order valence-electron chi connectivity index (χ4n) is 5.65. The zero-order valence-corrected chi connectivity index (χ0v) is 31.9. The summed E-state index contributed by atoms with van der Waals surface area (Å²) in [5, 5.41) is 23.9. The van der Waals surface area contributed by atoms with Gasteiger partial charge in [-0.25, -0.2) is 4.79 Å². The van der Waals surface area contributed by atoms with Gasteiger partial charge in [-0.15, -0.1) is 0 Å². The van der Waals surface area contributed by atoms with E-state index in [2.05, 4.69) is 26.6 Å². The molecule has 2 unspecified atom stereocenters. The van der Waals surface area contributed by atoms with Gasteiger partial charge in [0.1, 0.15) is 31.5 Å². The molecule has 16 nitrogen and oxygen atoms in total. The smallest absolute Gasteiger partial charge is 0.312 e. The van der Waals surface area contributed by atoms with Gasteiger partial charge in [0.15, 0.2) is 0 Å². The molecule has 0 aromatic heterocycles. The largest absolute Gasteiger partial charge is 0.461 e. The molecule has 0 saturated carbocycles. The summed E-state index contributed by atoms with van der Waals surface area (Å²) >= 11 is 0. The van der Waals surface area contributed by atoms with Gasteiger partial charge in [-0.05, 0) is 55.2 Å². The van der Waals surface area contributed by atoms with Crippen LogP contribution in [0.5, 0.6) is 0 Å². The van der Waals surface area contributed by atoms with Gasteiger partial charge in [-0.3, -0.25) is 28.8 Å². The van der Waals surface area contributed by atoms with E-state index in [9.17, 15) is 38.7 Å². The SMILES string of the molecule is CC(C)C(=O)OCc1ccc(NC(=O)[C@H](CCCNC(N)=O)NC(=O)[C@@H](NC(=O)CCCCCNC(=O)CN2C(=O)CC(C(C)C)C2O)C(C)C)cc1. The third-order valence-electron chi connectivity index (χ3n) is 8.95. The minimum atomic E-state index is -0.999. The average molecular weight is 746 g/mol. The molecule has 0 radical (unpaired) electrons. The lowest BCUT2D eigenvalue weighted by atomic mass is 9.94. The first-order valence-corrected chi connectivity index (χ1v) is 18.4. The van der Waals surface area contributed by atoms with Crippen LogP contribution in [-0.2, 0) is 40.1 Å². The molecule has 1 aliphatic rings. The Hall–Kier alpha value is -4.73. The quantitative estimate of drug-likeness (QED) is 0.0677. The van der Waals surface area contributed by atoms with Crippen LogP contribution in [0.2, 0.25) is 0 Å². The number of benzene rings is 1. The molecule has 1 saturated heterocycles. The highest BCUT2D eigenvalue weighted by Gasteiger charge is 2.40. The van der Waals surface area contributed by atoms with E-state index in [0.717, 1.165) is 5.56 Å². The van der Waals surface area contributed by atoms with Gasteiger partial charge in [0.2, 0.25) is 29.5 Å². The molecule has 2 rings (SSSR count). The molecule has 8 N–H and O–H groups in total. The molecule has 1 heterocycles. The average Bonchev–Trinajstić information content (AvgIpc) is 3.37. The van der Waals surface area contributed by atoms with E-state index >= 15 is 0 Å². The number of nitrogens with one attached hydrogen (secondary N) is 5. The maximum absolute atomic E-state index is 13.4. The minimum absolute atomic E-state index is 0.0891. The van der Waals surface area contributed by atoms with Gasteiger partial charge < -0.3 is 47.1 Å². The number of carbonyl (C=O) groups excluding carboxylic acids is 7. The molecule has 0 spiro atoms. The summed E-state index contributed by atoms with van der Waals surface area (Å²) in [7, 11) is 0. The number of anilines is 1. The van der Waals surface area contributed by atoms with Crippen LogP contribution in [0.15, 0.2) is 24.3 Å². The van der Waals surface area contributed by atoms with Crippen molar-refractivity contribution in [1.82, 2.24) is 26.2 Å². The molecule has 296 valence electrons. The van der Waals surface area contributed by atoms with Crippen molar-refractivity contribution >= 4 is 47.2 Å². The normalized spacial score (nSPS) is 16.6. The monoisotopic (exact) mass is 745 g/mol. The second-order valence-corrected chi connectivity index (χ2v) is 14.4. The molecule has 1 aromatic carbocycles. The molecule has 7 amide bonds. The van der Waals surface area contributed by atoms with Crippen LogP contribution in [0.4, 0.5) is 10.5 Å². The van der Waals surface area contributed by atoms with E-state index in [-0.39, 0.29) is 86.3 Å². The summed E-state index contributed by atoms with van der Waals surface area (Å²) in [5.74, 6) is -2.95. The molecule has 1 aliphatic heterocycles. The number of hydrogen-bond donors (Lipinski definition) is 7. The first-order valence-electron chi connectivity index (χ1n) is 18.4. The highest BCUT2D eigenvalue weighted by atomic mass is 16.5. The topological polar surface area (TPSA) is 238 Å². The fourth-order valence-corrected chi connectivity index (χ4v) is 5.65. The van der Waals surface area contributed by atoms with E-state index in [0.29, 0.717) is 37.9 Å². The number of nitrogens with two attached hydrogens (primary N) is 1. The predicted molar refractivity (Wildman–Crippen MR) is 197 cm³/mol. The van der Waals surface area contributed by atoms with Crippen molar-refractivity contribution in [2.75, 3.05) is 25.0 Å². The molecule has 4 atom stereocenters. The number of hydrogen-bond acceptors (Lipinski definition) is 9. The Kier molecular flexibility index (Phi) is 18.7. The van der Waals surface area contributed by atoms with E-state index in [1.807, 2.05) is 13.8 Å². The van der Waals surface area contributed by atoms with Crippen LogP contribution in [0.1, 0.15) is 92.1 Å². The zero-order valence-electron chi connectivity index (χ0n) is 31.9. The van der Waals surface area contributed by atoms with Gasteiger partial charge in [-0.1, -0.05) is 60.1 Å². The summed E-state index contributed by atoms with van der Waals surface area (Å²) in [4.78, 5) is 88.3. The van der Waals surface area contributed by atoms with Crippen molar-refractivity contribution in [2.45, 2.75) is 111 Å². The maximum Gasteiger partial charge on any atom is 0.312 e. The number of aliphatic hydroxyl groups is 1. The van der Waals surface area contributed by atoms with Gasteiger partial charge in [0.25, 0.3) is 0 Å². The Morgan fingerprint density at radius 1 is 0.868 bits per heavy atom. The third-order valence-corrected chi connectivity index (χ3v) is 8.95. The number of rotatable bonds is 22. The number of urea groups is 1. The summed E-state index contributed by atoms with van der Waals surface area (Å²) < 4.78 is 5.24. The molecule has 0 aliphatic carbocycles. The van der Waals surface area contributed by atoms with Crippen LogP contribution >= 0.6 is 0 Å². The van der Waals surface area contributed by atoms with E-state index in [1.165, 1.54) is 4.90 Å². The van der Waals surface area contributed by atoms with Crippen molar-refractivity contribution in [1.29, 1.82) is 0 Å². The third kappa shape index (κ3) is 15.8. The van der Waals surface area contributed by atoms with Crippen LogP contribution in [0.3, 0.4) is 0 Å². The van der Waals surface area contributed by atoms with Crippen LogP contribution in [-0.4, -0.2) is 89.5 Å². The van der Waals surface area contributed by atoms with Crippen LogP contribution in [0.25, 0.3) is 0 Å². The van der Waals surface area contributed by atoms with Crippen LogP contribution in [0, 0.1) is 23.7 Å². The Bertz CT molecular complexity index is 1400. The Balaban J connectivity index is 1.86. The molecular formula is C37H59N7O9. The molecule has 0 bridgehead atoms. The highest BCUT2D eigenvalue weighted by molar-refractivity contribution is 5.98. The molecule has 16 heteroatoms. The van der Waals surface area contributed by atoms with E-state index in [4.69, 9.17) is 10.5 Å². The molecule has 1 fully saturated rings. The number of ether oxygens (including phenoxy) is 1. The lowest BCUT2D eigenvalue weighted by Gasteiger charge is -2.25. The Morgan fingerprint density at radius 3 is 2.11 bits per heavy atom. The second kappa shape index (κ2) is 22.4. The lowest BCUT2D eigenvalue weighted by Crippen LogP contribution is -2.54. The molecule has 1 aromatic rings. The Morgan fingerprint density at radius 2 is 1.53 bits per heavy atom. The van der Waals surface area contributed by atoms with Crippen molar-refractivity contribution < 1.29 is 43.4 Å². The number of aliphatic hydroxyl groups excluding tert-OH is 1. The van der Waals surface area contributed by atoms with E-state index < -0.39 is 36.2 Å². The number of esters is 1. The first-order chi connectivity index (χ1) is 25.0. The molecular weight excluding hydrogens is 686 g/mol. The Labute approximate surface area is 312 Å².